The molecular weight excluding hydrogens is 252 g/mol. The molecule has 2 N–H and O–H groups in total. The van der Waals surface area contributed by atoms with Crippen molar-refractivity contribution in [3.8, 4) is 0 Å². The Morgan fingerprint density at radius 1 is 1.64 bits per heavy atom. The van der Waals surface area contributed by atoms with E-state index < -0.39 is 11.9 Å². The fourth-order valence-corrected chi connectivity index (χ4v) is 1.56. The number of halogens is 1. The zero-order valence-corrected chi connectivity index (χ0v) is 9.04. The van der Waals surface area contributed by atoms with Crippen LogP contribution in [-0.2, 0) is 23.2 Å². The summed E-state index contributed by atoms with van der Waals surface area (Å²) < 4.78 is 2.69. The molecule has 5 nitrogen and oxygen atoms in total. The van der Waals surface area contributed by atoms with Crippen LogP contribution in [0.1, 0.15) is 5.69 Å². The van der Waals surface area contributed by atoms with Gasteiger partial charge in [0.25, 0.3) is 0 Å². The number of rotatable bonds is 2. The zero-order valence-electron chi connectivity index (χ0n) is 7.45. The van der Waals surface area contributed by atoms with Crippen LogP contribution in [0, 0.1) is 0 Å². The van der Waals surface area contributed by atoms with E-state index in [1.165, 1.54) is 0 Å². The van der Waals surface area contributed by atoms with Crippen molar-refractivity contribution in [2.75, 3.05) is 0 Å². The highest BCUT2D eigenvalue weighted by molar-refractivity contribution is 9.10. The van der Waals surface area contributed by atoms with Crippen molar-refractivity contribution in [1.82, 2.24) is 9.88 Å². The molecule has 0 aromatic carbocycles. The molecule has 1 aromatic rings. The summed E-state index contributed by atoms with van der Waals surface area (Å²) in [6.45, 7) is 0.202. The van der Waals surface area contributed by atoms with Gasteiger partial charge in [0.05, 0.1) is 6.54 Å². The summed E-state index contributed by atoms with van der Waals surface area (Å²) in [5, 5.41) is 10.6. The van der Waals surface area contributed by atoms with E-state index in [9.17, 15) is 9.59 Å². The molecule has 0 bridgehead atoms. The van der Waals surface area contributed by atoms with E-state index in [4.69, 9.17) is 5.11 Å². The average molecular weight is 261 g/mol. The number of hydrogen-bond donors (Lipinski definition) is 2. The molecule has 1 heterocycles. The Labute approximate surface area is 88.8 Å². The third-order valence-electron chi connectivity index (χ3n) is 1.70. The van der Waals surface area contributed by atoms with E-state index >= 15 is 0 Å². The number of carboxylic acid groups (broad SMARTS) is 1. The largest absolute Gasteiger partial charge is 0.474 e. The molecular formula is C8H9BrN2O3. The standard InChI is InChI=1S/C8H9BrN2O3/c1-11-4-5(9)2-6(11)3-10-7(12)8(13)14/h2,4H,3H2,1H3,(H,10,12)(H,13,14). The minimum absolute atomic E-state index is 0.202. The molecule has 1 amide bonds. The number of nitrogens with one attached hydrogen (secondary N) is 1. The summed E-state index contributed by atoms with van der Waals surface area (Å²) in [4.78, 5) is 20.9. The number of carbonyl (C=O) groups excluding carboxylic acids is 1. The topological polar surface area (TPSA) is 71.3 Å². The smallest absolute Gasteiger partial charge is 0.394 e. The predicted octanol–water partition coefficient (Wildman–Crippen LogP) is 0.488. The van der Waals surface area contributed by atoms with Crippen LogP contribution in [0.5, 0.6) is 0 Å². The van der Waals surface area contributed by atoms with Crippen molar-refractivity contribution in [3.63, 3.8) is 0 Å². The highest BCUT2D eigenvalue weighted by Gasteiger charge is 2.10. The van der Waals surface area contributed by atoms with Gasteiger partial charge >= 0.3 is 11.9 Å². The van der Waals surface area contributed by atoms with Crippen LogP contribution >= 0.6 is 15.9 Å². The Kier molecular flexibility index (Phi) is 3.29. The predicted molar refractivity (Wildman–Crippen MR) is 52.6 cm³/mol. The number of nitrogens with zero attached hydrogens (tertiary/aromatic N) is 1. The van der Waals surface area contributed by atoms with Gasteiger partial charge in [0, 0.05) is 23.4 Å². The first kappa shape index (κ1) is 10.8. The Hall–Kier alpha value is -1.30. The van der Waals surface area contributed by atoms with Gasteiger partial charge < -0.3 is 15.0 Å². The minimum atomic E-state index is -1.47. The molecule has 0 saturated carbocycles. The van der Waals surface area contributed by atoms with Gasteiger partial charge in [-0.3, -0.25) is 4.79 Å². The van der Waals surface area contributed by atoms with Gasteiger partial charge in [-0.05, 0) is 22.0 Å². The van der Waals surface area contributed by atoms with E-state index in [1.807, 2.05) is 19.3 Å². The average Bonchev–Trinajstić information content (AvgIpc) is 2.40. The summed E-state index contributed by atoms with van der Waals surface area (Å²) in [5.74, 6) is -2.47. The summed E-state index contributed by atoms with van der Waals surface area (Å²) in [6.07, 6.45) is 1.82. The zero-order chi connectivity index (χ0) is 10.7. The minimum Gasteiger partial charge on any atom is -0.474 e. The summed E-state index contributed by atoms with van der Waals surface area (Å²) in [6, 6.07) is 1.81. The van der Waals surface area contributed by atoms with Gasteiger partial charge in [-0.25, -0.2) is 4.79 Å². The van der Waals surface area contributed by atoms with Crippen molar-refractivity contribution >= 4 is 27.8 Å². The number of aryl methyl sites for hydroxylation is 1. The molecule has 6 heteroatoms. The molecule has 0 radical (unpaired) electrons. The Balaban J connectivity index is 2.58. The molecule has 0 unspecified atom stereocenters. The van der Waals surface area contributed by atoms with Crippen LogP contribution in [0.2, 0.25) is 0 Å². The van der Waals surface area contributed by atoms with Crippen molar-refractivity contribution in [2.45, 2.75) is 6.54 Å². The van der Waals surface area contributed by atoms with Crippen LogP contribution < -0.4 is 5.32 Å². The van der Waals surface area contributed by atoms with Crippen molar-refractivity contribution in [2.24, 2.45) is 7.05 Å². The highest BCUT2D eigenvalue weighted by atomic mass is 79.9. The van der Waals surface area contributed by atoms with E-state index in [0.717, 1.165) is 10.2 Å². The maximum Gasteiger partial charge on any atom is 0.394 e. The van der Waals surface area contributed by atoms with Gasteiger partial charge in [-0.2, -0.15) is 0 Å². The molecule has 76 valence electrons. The number of amides is 1. The van der Waals surface area contributed by atoms with Crippen molar-refractivity contribution < 1.29 is 14.7 Å². The normalized spacial score (nSPS) is 9.86. The molecule has 0 aliphatic carbocycles. The molecule has 0 aliphatic rings. The molecule has 0 spiro atoms. The van der Waals surface area contributed by atoms with E-state index in [-0.39, 0.29) is 6.54 Å². The maximum absolute atomic E-state index is 10.7. The van der Waals surface area contributed by atoms with Gasteiger partial charge in [0.1, 0.15) is 0 Å². The lowest BCUT2D eigenvalue weighted by Gasteiger charge is -2.02. The molecule has 0 fully saturated rings. The van der Waals surface area contributed by atoms with Crippen LogP contribution in [0.25, 0.3) is 0 Å². The molecule has 0 atom stereocenters. The number of aliphatic carboxylic acids is 1. The summed E-state index contributed by atoms with van der Waals surface area (Å²) in [7, 11) is 1.81. The summed E-state index contributed by atoms with van der Waals surface area (Å²) in [5.41, 5.74) is 0.825. The number of aromatic nitrogens is 1. The maximum atomic E-state index is 10.7. The molecule has 0 aliphatic heterocycles. The SMILES string of the molecule is Cn1cc(Br)cc1CNC(=O)C(=O)O. The first-order chi connectivity index (χ1) is 6.50. The van der Waals surface area contributed by atoms with Crippen LogP contribution in [0.4, 0.5) is 0 Å². The van der Waals surface area contributed by atoms with Gasteiger partial charge in [-0.15, -0.1) is 0 Å². The van der Waals surface area contributed by atoms with E-state index in [0.29, 0.717) is 0 Å². The fourth-order valence-electron chi connectivity index (χ4n) is 0.988. The van der Waals surface area contributed by atoms with Crippen molar-refractivity contribution in [3.05, 3.63) is 22.4 Å². The fraction of sp³-hybridized carbons (Fsp3) is 0.250. The molecule has 0 saturated heterocycles. The van der Waals surface area contributed by atoms with E-state index in [2.05, 4.69) is 21.2 Å². The van der Waals surface area contributed by atoms with Crippen LogP contribution in [-0.4, -0.2) is 21.6 Å². The highest BCUT2D eigenvalue weighted by Crippen LogP contribution is 2.13. The lowest BCUT2D eigenvalue weighted by atomic mass is 10.4. The lowest BCUT2D eigenvalue weighted by molar-refractivity contribution is -0.150. The summed E-state index contributed by atoms with van der Waals surface area (Å²) >= 11 is 3.27. The lowest BCUT2D eigenvalue weighted by Crippen LogP contribution is -2.30. The van der Waals surface area contributed by atoms with Crippen molar-refractivity contribution in [1.29, 1.82) is 0 Å². The second-order valence-electron chi connectivity index (χ2n) is 2.75. The Morgan fingerprint density at radius 3 is 2.71 bits per heavy atom. The van der Waals surface area contributed by atoms with Gasteiger partial charge in [-0.1, -0.05) is 0 Å². The second-order valence-corrected chi connectivity index (χ2v) is 3.66. The second kappa shape index (κ2) is 4.28. The Bertz CT molecular complexity index is 373. The molecule has 1 aromatic heterocycles. The quantitative estimate of drug-likeness (QED) is 0.761. The monoisotopic (exact) mass is 260 g/mol. The van der Waals surface area contributed by atoms with Gasteiger partial charge in [0.15, 0.2) is 0 Å². The molecule has 14 heavy (non-hydrogen) atoms. The third kappa shape index (κ3) is 2.59. The number of hydrogen-bond acceptors (Lipinski definition) is 2. The third-order valence-corrected chi connectivity index (χ3v) is 2.13. The molecule has 1 rings (SSSR count). The first-order valence-electron chi connectivity index (χ1n) is 3.82. The number of carboxylic acids is 1. The van der Waals surface area contributed by atoms with Crippen LogP contribution in [0.15, 0.2) is 16.7 Å². The van der Waals surface area contributed by atoms with Gasteiger partial charge in [0.2, 0.25) is 0 Å². The van der Waals surface area contributed by atoms with E-state index in [1.54, 1.807) is 4.57 Å². The number of carbonyl (C=O) groups is 2. The first-order valence-corrected chi connectivity index (χ1v) is 4.62. The Morgan fingerprint density at radius 2 is 2.29 bits per heavy atom. The van der Waals surface area contributed by atoms with Crippen LogP contribution in [0.3, 0.4) is 0 Å².